The molecule has 1 saturated carbocycles. The summed E-state index contributed by atoms with van der Waals surface area (Å²) < 4.78 is 7.75. The summed E-state index contributed by atoms with van der Waals surface area (Å²) in [6.07, 6.45) is 10.0. The third kappa shape index (κ3) is 6.23. The van der Waals surface area contributed by atoms with E-state index in [1.807, 2.05) is 35.1 Å². The van der Waals surface area contributed by atoms with Crippen LogP contribution in [0.15, 0.2) is 61.1 Å². The van der Waals surface area contributed by atoms with E-state index in [-0.39, 0.29) is 0 Å². The number of nitrogens with two attached hydrogens (primary N) is 1. The lowest BCUT2D eigenvalue weighted by Gasteiger charge is -2.26. The van der Waals surface area contributed by atoms with Gasteiger partial charge in [0, 0.05) is 66.4 Å². The third-order valence-corrected chi connectivity index (χ3v) is 7.62. The highest BCUT2D eigenvalue weighted by atomic mass is 35.5. The molecule has 1 aliphatic carbocycles. The zero-order chi connectivity index (χ0) is 28.2. The maximum atomic E-state index is 11.7. The van der Waals surface area contributed by atoms with E-state index in [2.05, 4.69) is 32.0 Å². The fraction of sp³-hybridized carbons (Fsp3) is 0.300. The van der Waals surface area contributed by atoms with Gasteiger partial charge in [-0.2, -0.15) is 0 Å². The van der Waals surface area contributed by atoms with E-state index in [0.717, 1.165) is 59.0 Å². The number of hydrogen-bond acceptors (Lipinski definition) is 8. The van der Waals surface area contributed by atoms with Gasteiger partial charge in [0.15, 0.2) is 0 Å². The molecule has 11 heteroatoms. The number of amides is 1. The van der Waals surface area contributed by atoms with Gasteiger partial charge in [0.1, 0.15) is 11.6 Å². The van der Waals surface area contributed by atoms with Gasteiger partial charge < -0.3 is 21.1 Å². The molecule has 0 unspecified atom stereocenters. The smallest absolute Gasteiger partial charge is 0.248 e. The molecule has 0 bridgehead atoms. The van der Waals surface area contributed by atoms with Crippen molar-refractivity contribution in [1.82, 2.24) is 30.3 Å². The predicted octanol–water partition coefficient (Wildman–Crippen LogP) is 4.50. The Labute approximate surface area is 242 Å². The Morgan fingerprint density at radius 3 is 2.80 bits per heavy atom. The minimum atomic E-state index is -0.487. The maximum Gasteiger partial charge on any atom is 0.248 e. The summed E-state index contributed by atoms with van der Waals surface area (Å²) in [5.74, 6) is 0.994. The lowest BCUT2D eigenvalue weighted by molar-refractivity contribution is 0.100. The van der Waals surface area contributed by atoms with Gasteiger partial charge in [-0.3, -0.25) is 14.5 Å². The van der Waals surface area contributed by atoms with Crippen LogP contribution in [0.1, 0.15) is 40.9 Å². The van der Waals surface area contributed by atoms with E-state index in [4.69, 9.17) is 27.1 Å². The minimum absolute atomic E-state index is 0.312. The van der Waals surface area contributed by atoms with Crippen molar-refractivity contribution in [1.29, 1.82) is 0 Å². The number of benzene rings is 2. The van der Waals surface area contributed by atoms with Crippen LogP contribution in [0.25, 0.3) is 21.7 Å². The number of halogens is 1. The first-order chi connectivity index (χ1) is 20.0. The number of carbonyl (C=O) groups is 1. The Bertz CT molecular complexity index is 1700. The quantitative estimate of drug-likeness (QED) is 0.147. The second-order valence-electron chi connectivity index (χ2n) is 10.2. The van der Waals surface area contributed by atoms with Crippen LogP contribution in [-0.4, -0.2) is 50.1 Å². The highest BCUT2D eigenvalue weighted by Crippen LogP contribution is 2.31. The lowest BCUT2D eigenvalue weighted by Crippen LogP contribution is -2.24. The summed E-state index contributed by atoms with van der Waals surface area (Å²) in [5, 5.41) is 18.9. The van der Waals surface area contributed by atoms with Crippen LogP contribution in [0.2, 0.25) is 5.02 Å². The van der Waals surface area contributed by atoms with Crippen molar-refractivity contribution >= 4 is 45.0 Å². The molecule has 0 atom stereocenters. The third-order valence-electron chi connectivity index (χ3n) is 7.33. The van der Waals surface area contributed by atoms with Gasteiger partial charge in [0.25, 0.3) is 0 Å². The largest absolute Gasteiger partial charge is 0.489 e. The number of aromatic nitrogens is 5. The first kappa shape index (κ1) is 26.9. The topological polar surface area (TPSA) is 133 Å². The van der Waals surface area contributed by atoms with Gasteiger partial charge in [-0.05, 0) is 55.2 Å². The molecule has 5 aromatic rings. The molecule has 10 nitrogen and oxygen atoms in total. The van der Waals surface area contributed by atoms with Gasteiger partial charge in [-0.15, -0.1) is 5.10 Å². The average molecular weight is 571 g/mol. The molecule has 2 aromatic carbocycles. The molecule has 0 saturated heterocycles. The summed E-state index contributed by atoms with van der Waals surface area (Å²) in [6, 6.07) is 13.2. The molecule has 0 radical (unpaired) electrons. The van der Waals surface area contributed by atoms with Crippen LogP contribution in [0, 0.1) is 0 Å². The van der Waals surface area contributed by atoms with Crippen LogP contribution < -0.4 is 21.1 Å². The normalized spacial score (nSPS) is 13.4. The number of rotatable bonds is 12. The summed E-state index contributed by atoms with van der Waals surface area (Å²) in [5.41, 5.74) is 8.60. The maximum absolute atomic E-state index is 11.7. The SMILES string of the molecule is NC(=O)c1ccc2c(c1)nc(NCCn1cc(CCNCc3ccc(OC4CCC4)c(Cl)c3)nn1)c1ccncc12. The average Bonchev–Trinajstić information content (AvgIpc) is 3.41. The van der Waals surface area contributed by atoms with Gasteiger partial charge in [-0.25, -0.2) is 4.98 Å². The Balaban J connectivity index is 1.01. The lowest BCUT2D eigenvalue weighted by atomic mass is 9.96. The molecule has 3 heterocycles. The van der Waals surface area contributed by atoms with E-state index >= 15 is 0 Å². The summed E-state index contributed by atoms with van der Waals surface area (Å²) in [4.78, 5) is 20.7. The molecule has 0 spiro atoms. The molecule has 210 valence electrons. The number of fused-ring (bicyclic) bond motifs is 3. The van der Waals surface area contributed by atoms with Crippen LogP contribution in [0.5, 0.6) is 5.75 Å². The molecular weight excluding hydrogens is 540 g/mol. The van der Waals surface area contributed by atoms with Crippen LogP contribution >= 0.6 is 11.6 Å². The number of nitrogens with one attached hydrogen (secondary N) is 2. The van der Waals surface area contributed by atoms with Crippen LogP contribution in [-0.2, 0) is 19.5 Å². The van der Waals surface area contributed by atoms with Gasteiger partial charge >= 0.3 is 0 Å². The minimum Gasteiger partial charge on any atom is -0.489 e. The molecule has 4 N–H and O–H groups in total. The second kappa shape index (κ2) is 12.1. The van der Waals surface area contributed by atoms with E-state index in [9.17, 15) is 4.79 Å². The van der Waals surface area contributed by atoms with E-state index in [1.54, 1.807) is 24.5 Å². The summed E-state index contributed by atoms with van der Waals surface area (Å²) in [7, 11) is 0. The van der Waals surface area contributed by atoms with Crippen molar-refractivity contribution in [3.05, 3.63) is 82.9 Å². The fourth-order valence-electron chi connectivity index (χ4n) is 4.85. The van der Waals surface area contributed by atoms with Crippen molar-refractivity contribution in [2.75, 3.05) is 18.4 Å². The Kier molecular flexibility index (Phi) is 7.93. The number of nitrogens with zero attached hydrogens (tertiary/aromatic N) is 5. The highest BCUT2D eigenvalue weighted by molar-refractivity contribution is 6.32. The molecule has 1 fully saturated rings. The van der Waals surface area contributed by atoms with Crippen LogP contribution in [0.4, 0.5) is 5.82 Å². The van der Waals surface area contributed by atoms with Crippen LogP contribution in [0.3, 0.4) is 0 Å². The summed E-state index contributed by atoms with van der Waals surface area (Å²) in [6.45, 7) is 2.68. The van der Waals surface area contributed by atoms with Crippen molar-refractivity contribution in [2.45, 2.75) is 44.9 Å². The Hall–Kier alpha value is -4.28. The Morgan fingerprint density at radius 2 is 2.00 bits per heavy atom. The fourth-order valence-corrected chi connectivity index (χ4v) is 5.10. The number of carbonyl (C=O) groups excluding carboxylic acids is 1. The van der Waals surface area contributed by atoms with Gasteiger partial charge in [0.05, 0.1) is 28.9 Å². The molecule has 41 heavy (non-hydrogen) atoms. The number of pyridine rings is 2. The monoisotopic (exact) mass is 570 g/mol. The molecule has 1 aliphatic rings. The van der Waals surface area contributed by atoms with E-state index < -0.39 is 5.91 Å². The molecular formula is C30H31ClN8O2. The molecule has 6 rings (SSSR count). The molecule has 1 amide bonds. The number of ether oxygens (including phenoxy) is 1. The van der Waals surface area contributed by atoms with E-state index in [1.165, 1.54) is 6.42 Å². The first-order valence-electron chi connectivity index (χ1n) is 13.8. The highest BCUT2D eigenvalue weighted by Gasteiger charge is 2.20. The standard InChI is InChI=1S/C30H31ClN8O2/c31-26-14-19(4-7-28(26)41-22-2-1-3-22)16-33-10-8-21-18-39(38-37-21)13-12-35-30-24-9-11-34-17-25(24)23-6-5-20(29(32)40)15-27(23)36-30/h4-7,9,11,14-15,17-18,22,33H,1-3,8,10,12-13,16H2,(H2,32,40)(H,35,36). The zero-order valence-electron chi connectivity index (χ0n) is 22.5. The zero-order valence-corrected chi connectivity index (χ0v) is 23.3. The number of anilines is 1. The van der Waals surface area contributed by atoms with Gasteiger partial charge in [0.2, 0.25) is 5.91 Å². The molecule has 3 aromatic heterocycles. The van der Waals surface area contributed by atoms with Crippen molar-refractivity contribution in [2.24, 2.45) is 5.73 Å². The predicted molar refractivity (Wildman–Crippen MR) is 159 cm³/mol. The van der Waals surface area contributed by atoms with Gasteiger partial charge in [-0.1, -0.05) is 28.9 Å². The number of primary amides is 1. The van der Waals surface area contributed by atoms with Crippen molar-refractivity contribution in [3.8, 4) is 5.75 Å². The number of hydrogen-bond donors (Lipinski definition) is 3. The summed E-state index contributed by atoms with van der Waals surface area (Å²) >= 11 is 6.42. The molecule has 0 aliphatic heterocycles. The van der Waals surface area contributed by atoms with E-state index in [0.29, 0.717) is 47.7 Å². The van der Waals surface area contributed by atoms with Crippen molar-refractivity contribution in [3.63, 3.8) is 0 Å². The first-order valence-corrected chi connectivity index (χ1v) is 14.2. The van der Waals surface area contributed by atoms with Crippen molar-refractivity contribution < 1.29 is 9.53 Å². The Morgan fingerprint density at radius 1 is 1.10 bits per heavy atom. The second-order valence-corrected chi connectivity index (χ2v) is 10.6.